The van der Waals surface area contributed by atoms with Gasteiger partial charge >= 0.3 is 0 Å². The molecule has 0 aliphatic heterocycles. The number of aromatic nitrogens is 3. The van der Waals surface area contributed by atoms with Crippen LogP contribution in [-0.4, -0.2) is 25.8 Å². The van der Waals surface area contributed by atoms with Crippen LogP contribution in [0.1, 0.15) is 19.8 Å². The lowest BCUT2D eigenvalue weighted by molar-refractivity contribution is 0.595. The molecule has 0 aliphatic carbocycles. The fraction of sp³-hybridized carbons (Fsp3) is 0.778. The SMILES string of the molecule is CCCC(CBr)CSc1ncnn1C. The summed E-state index contributed by atoms with van der Waals surface area (Å²) in [5, 5.41) is 6.12. The highest BCUT2D eigenvalue weighted by atomic mass is 79.9. The summed E-state index contributed by atoms with van der Waals surface area (Å²) < 4.78 is 1.82. The third-order valence-electron chi connectivity index (χ3n) is 2.03. The van der Waals surface area contributed by atoms with E-state index in [2.05, 4.69) is 32.9 Å². The first-order valence-electron chi connectivity index (χ1n) is 4.80. The number of rotatable bonds is 6. The van der Waals surface area contributed by atoms with E-state index < -0.39 is 0 Å². The molecule has 0 bridgehead atoms. The van der Waals surface area contributed by atoms with Crippen LogP contribution in [0.15, 0.2) is 11.5 Å². The Kier molecular flexibility index (Phi) is 5.55. The molecule has 1 unspecified atom stereocenters. The zero-order valence-corrected chi connectivity index (χ0v) is 11.0. The Morgan fingerprint density at radius 2 is 2.43 bits per heavy atom. The van der Waals surface area contributed by atoms with Crippen LogP contribution in [0.25, 0.3) is 0 Å². The minimum Gasteiger partial charge on any atom is -0.244 e. The number of alkyl halides is 1. The van der Waals surface area contributed by atoms with Gasteiger partial charge in [-0.1, -0.05) is 41.0 Å². The Balaban J connectivity index is 2.35. The fourth-order valence-electron chi connectivity index (χ4n) is 1.22. The molecule has 1 heterocycles. The summed E-state index contributed by atoms with van der Waals surface area (Å²) in [5.74, 6) is 1.85. The first kappa shape index (κ1) is 12.0. The molecule has 0 amide bonds. The topological polar surface area (TPSA) is 30.7 Å². The maximum atomic E-state index is 4.18. The number of hydrogen-bond donors (Lipinski definition) is 0. The minimum atomic E-state index is 0.738. The van der Waals surface area contributed by atoms with E-state index in [1.54, 1.807) is 18.1 Å². The molecule has 0 saturated carbocycles. The average Bonchev–Trinajstić information content (AvgIpc) is 2.59. The largest absolute Gasteiger partial charge is 0.244 e. The first-order valence-corrected chi connectivity index (χ1v) is 6.91. The average molecular weight is 278 g/mol. The molecule has 80 valence electrons. The van der Waals surface area contributed by atoms with Crippen LogP contribution in [0.4, 0.5) is 0 Å². The molecular weight excluding hydrogens is 262 g/mol. The van der Waals surface area contributed by atoms with E-state index >= 15 is 0 Å². The number of nitrogens with zero attached hydrogens (tertiary/aromatic N) is 3. The van der Waals surface area contributed by atoms with Gasteiger partial charge in [-0.15, -0.1) is 0 Å². The van der Waals surface area contributed by atoms with E-state index in [-0.39, 0.29) is 0 Å². The third-order valence-corrected chi connectivity index (χ3v) is 4.21. The van der Waals surface area contributed by atoms with Gasteiger partial charge in [-0.2, -0.15) is 5.10 Å². The lowest BCUT2D eigenvalue weighted by Gasteiger charge is -2.11. The van der Waals surface area contributed by atoms with E-state index in [0.717, 1.165) is 22.2 Å². The molecule has 1 aromatic rings. The molecule has 1 atom stereocenters. The smallest absolute Gasteiger partial charge is 0.185 e. The van der Waals surface area contributed by atoms with Gasteiger partial charge in [0.15, 0.2) is 5.16 Å². The van der Waals surface area contributed by atoms with Crippen molar-refractivity contribution < 1.29 is 0 Å². The van der Waals surface area contributed by atoms with E-state index in [0.29, 0.717) is 0 Å². The van der Waals surface area contributed by atoms with Crippen LogP contribution in [0.3, 0.4) is 0 Å². The van der Waals surface area contributed by atoms with Crippen molar-refractivity contribution in [1.82, 2.24) is 14.8 Å². The molecule has 0 fully saturated rings. The molecule has 0 saturated heterocycles. The molecular formula is C9H16BrN3S. The van der Waals surface area contributed by atoms with Gasteiger partial charge in [-0.3, -0.25) is 0 Å². The molecule has 1 rings (SSSR count). The first-order chi connectivity index (χ1) is 6.77. The zero-order valence-electron chi connectivity index (χ0n) is 8.61. The Morgan fingerprint density at radius 1 is 1.64 bits per heavy atom. The van der Waals surface area contributed by atoms with E-state index in [1.165, 1.54) is 12.8 Å². The van der Waals surface area contributed by atoms with Gasteiger partial charge < -0.3 is 0 Å². The lowest BCUT2D eigenvalue weighted by atomic mass is 10.1. The highest BCUT2D eigenvalue weighted by Gasteiger charge is 2.08. The molecule has 3 nitrogen and oxygen atoms in total. The Morgan fingerprint density at radius 3 is 2.93 bits per heavy atom. The maximum absolute atomic E-state index is 4.18. The van der Waals surface area contributed by atoms with E-state index in [4.69, 9.17) is 0 Å². The van der Waals surface area contributed by atoms with Crippen LogP contribution in [0.5, 0.6) is 0 Å². The van der Waals surface area contributed by atoms with Gasteiger partial charge in [0.2, 0.25) is 0 Å². The molecule has 0 radical (unpaired) electrons. The van der Waals surface area contributed by atoms with Crippen LogP contribution in [-0.2, 0) is 7.05 Å². The van der Waals surface area contributed by atoms with Crippen molar-refractivity contribution in [3.05, 3.63) is 6.33 Å². The van der Waals surface area contributed by atoms with Crippen molar-refractivity contribution in [2.45, 2.75) is 24.9 Å². The monoisotopic (exact) mass is 277 g/mol. The van der Waals surface area contributed by atoms with Crippen molar-refractivity contribution >= 4 is 27.7 Å². The van der Waals surface area contributed by atoms with Crippen LogP contribution in [0.2, 0.25) is 0 Å². The molecule has 0 spiro atoms. The predicted octanol–water partition coefficient (Wildman–Crippen LogP) is 2.72. The van der Waals surface area contributed by atoms with Crippen molar-refractivity contribution in [3.63, 3.8) is 0 Å². The summed E-state index contributed by atoms with van der Waals surface area (Å²) >= 11 is 5.33. The van der Waals surface area contributed by atoms with Gasteiger partial charge in [0.25, 0.3) is 0 Å². The summed E-state index contributed by atoms with van der Waals surface area (Å²) in [5.41, 5.74) is 0. The number of halogens is 1. The van der Waals surface area contributed by atoms with Gasteiger partial charge in [-0.25, -0.2) is 9.67 Å². The number of hydrogen-bond acceptors (Lipinski definition) is 3. The fourth-order valence-corrected chi connectivity index (χ4v) is 3.10. The van der Waals surface area contributed by atoms with Gasteiger partial charge in [0.1, 0.15) is 6.33 Å². The van der Waals surface area contributed by atoms with Crippen molar-refractivity contribution in [2.24, 2.45) is 13.0 Å². The quantitative estimate of drug-likeness (QED) is 0.592. The van der Waals surface area contributed by atoms with Gasteiger partial charge in [-0.05, 0) is 12.3 Å². The summed E-state index contributed by atoms with van der Waals surface area (Å²) in [4.78, 5) is 4.18. The van der Waals surface area contributed by atoms with Gasteiger partial charge in [0.05, 0.1) is 0 Å². The second-order valence-electron chi connectivity index (χ2n) is 3.29. The second kappa shape index (κ2) is 6.45. The van der Waals surface area contributed by atoms with Crippen LogP contribution >= 0.6 is 27.7 Å². The summed E-state index contributed by atoms with van der Waals surface area (Å²) in [6, 6.07) is 0. The third kappa shape index (κ3) is 3.61. The highest BCUT2D eigenvalue weighted by molar-refractivity contribution is 9.09. The summed E-state index contributed by atoms with van der Waals surface area (Å²) in [7, 11) is 1.93. The van der Waals surface area contributed by atoms with E-state index in [1.807, 2.05) is 11.7 Å². The standard InChI is InChI=1S/C9H16BrN3S/c1-3-4-8(5-10)6-14-9-11-7-12-13(9)2/h7-8H,3-6H2,1-2H3. The van der Waals surface area contributed by atoms with Crippen LogP contribution < -0.4 is 0 Å². The Hall–Kier alpha value is -0.0300. The highest BCUT2D eigenvalue weighted by Crippen LogP contribution is 2.21. The Labute approximate surface area is 97.8 Å². The minimum absolute atomic E-state index is 0.738. The summed E-state index contributed by atoms with van der Waals surface area (Å²) in [6.07, 6.45) is 4.12. The van der Waals surface area contributed by atoms with Crippen molar-refractivity contribution in [3.8, 4) is 0 Å². The molecule has 1 aromatic heterocycles. The lowest BCUT2D eigenvalue weighted by Crippen LogP contribution is -2.06. The second-order valence-corrected chi connectivity index (χ2v) is 4.92. The number of thioether (sulfide) groups is 1. The molecule has 0 aromatic carbocycles. The number of aryl methyl sites for hydroxylation is 1. The molecule has 5 heteroatoms. The normalized spacial score (nSPS) is 13.1. The maximum Gasteiger partial charge on any atom is 0.185 e. The van der Waals surface area contributed by atoms with Crippen LogP contribution in [0, 0.1) is 5.92 Å². The zero-order chi connectivity index (χ0) is 10.4. The predicted molar refractivity (Wildman–Crippen MR) is 63.9 cm³/mol. The molecule has 0 N–H and O–H groups in total. The van der Waals surface area contributed by atoms with Crippen molar-refractivity contribution in [2.75, 3.05) is 11.1 Å². The van der Waals surface area contributed by atoms with E-state index in [9.17, 15) is 0 Å². The molecule has 0 aliphatic rings. The molecule has 14 heavy (non-hydrogen) atoms. The Bertz CT molecular complexity index is 264. The van der Waals surface area contributed by atoms with Crippen molar-refractivity contribution in [1.29, 1.82) is 0 Å². The van der Waals surface area contributed by atoms with Gasteiger partial charge in [0, 0.05) is 18.1 Å². The summed E-state index contributed by atoms with van der Waals surface area (Å²) in [6.45, 7) is 2.22.